The fourth-order valence-electron chi connectivity index (χ4n) is 3.21. The Kier molecular flexibility index (Phi) is 7.37. The van der Waals surface area contributed by atoms with Crippen molar-refractivity contribution in [2.45, 2.75) is 26.7 Å². The summed E-state index contributed by atoms with van der Waals surface area (Å²) in [4.78, 5) is 25.4. The number of benzene rings is 2. The Labute approximate surface area is 191 Å². The Morgan fingerprint density at radius 2 is 1.75 bits per heavy atom. The summed E-state index contributed by atoms with van der Waals surface area (Å²) in [5.41, 5.74) is 7.05. The molecule has 0 bridgehead atoms. The molecule has 9 heteroatoms. The number of hydrogen-bond donors (Lipinski definition) is 2. The van der Waals surface area contributed by atoms with Crippen molar-refractivity contribution in [3.63, 3.8) is 0 Å². The van der Waals surface area contributed by atoms with Crippen LogP contribution in [0.15, 0.2) is 48.7 Å². The Bertz CT molecular complexity index is 1110. The van der Waals surface area contributed by atoms with Crippen molar-refractivity contribution in [3.8, 4) is 17.2 Å². The predicted octanol–water partition coefficient (Wildman–Crippen LogP) is 4.13. The fraction of sp³-hybridized carbons (Fsp3) is 0.261. The van der Waals surface area contributed by atoms with Crippen molar-refractivity contribution in [2.75, 3.05) is 13.7 Å². The summed E-state index contributed by atoms with van der Waals surface area (Å²) in [6.45, 7) is 6.26. The average molecular weight is 457 g/mol. The standard InChI is InChI=1S/C23H25ClN4O4/c1-5-32-19-11-6-15(12-20(19)31-4)22(29)26-27-23(30)18-13-25-28(21(18)14(2)3)17-9-7-16(24)8-10-17/h6-14H,5H2,1-4H3,(H,26,29)(H,27,30). The number of ether oxygens (including phenoxy) is 2. The number of amides is 2. The number of rotatable bonds is 7. The first-order valence-electron chi connectivity index (χ1n) is 10.1. The first-order valence-corrected chi connectivity index (χ1v) is 10.5. The molecule has 0 aliphatic heterocycles. The molecular formula is C23H25ClN4O4. The number of carbonyl (C=O) groups is 2. The maximum absolute atomic E-state index is 12.8. The minimum Gasteiger partial charge on any atom is -0.493 e. The zero-order valence-electron chi connectivity index (χ0n) is 18.3. The smallest absolute Gasteiger partial charge is 0.273 e. The fourth-order valence-corrected chi connectivity index (χ4v) is 3.34. The van der Waals surface area contributed by atoms with Crippen LogP contribution in [0.4, 0.5) is 0 Å². The summed E-state index contributed by atoms with van der Waals surface area (Å²) in [5, 5.41) is 4.97. The SMILES string of the molecule is CCOc1ccc(C(=O)NNC(=O)c2cnn(-c3ccc(Cl)cc3)c2C(C)C)cc1OC. The van der Waals surface area contributed by atoms with Gasteiger partial charge in [0.25, 0.3) is 11.8 Å². The van der Waals surface area contributed by atoms with Crippen LogP contribution < -0.4 is 20.3 Å². The quantitative estimate of drug-likeness (QED) is 0.521. The van der Waals surface area contributed by atoms with E-state index in [1.54, 1.807) is 35.0 Å². The van der Waals surface area contributed by atoms with E-state index in [0.29, 0.717) is 39.9 Å². The van der Waals surface area contributed by atoms with Gasteiger partial charge in [0.15, 0.2) is 11.5 Å². The number of hydrazine groups is 1. The van der Waals surface area contributed by atoms with Gasteiger partial charge in [-0.2, -0.15) is 5.10 Å². The maximum atomic E-state index is 12.8. The van der Waals surface area contributed by atoms with Gasteiger partial charge in [-0.3, -0.25) is 20.4 Å². The predicted molar refractivity (Wildman–Crippen MR) is 122 cm³/mol. The molecule has 0 atom stereocenters. The van der Waals surface area contributed by atoms with Crippen LogP contribution in [-0.2, 0) is 0 Å². The van der Waals surface area contributed by atoms with Gasteiger partial charge in [0.1, 0.15) is 0 Å². The molecule has 0 unspecified atom stereocenters. The number of hydrogen-bond acceptors (Lipinski definition) is 5. The molecule has 2 aromatic carbocycles. The average Bonchev–Trinajstić information content (AvgIpc) is 3.24. The van der Waals surface area contributed by atoms with Gasteiger partial charge in [-0.15, -0.1) is 0 Å². The zero-order valence-corrected chi connectivity index (χ0v) is 19.1. The first-order chi connectivity index (χ1) is 15.3. The van der Waals surface area contributed by atoms with Crippen LogP contribution in [0.25, 0.3) is 5.69 Å². The van der Waals surface area contributed by atoms with Gasteiger partial charge in [0.05, 0.1) is 36.9 Å². The molecule has 0 fully saturated rings. The van der Waals surface area contributed by atoms with E-state index in [9.17, 15) is 9.59 Å². The second kappa shape index (κ2) is 10.2. The summed E-state index contributed by atoms with van der Waals surface area (Å²) in [6.07, 6.45) is 1.48. The van der Waals surface area contributed by atoms with Crippen molar-refractivity contribution in [3.05, 3.63) is 70.5 Å². The number of nitrogens with one attached hydrogen (secondary N) is 2. The van der Waals surface area contributed by atoms with Gasteiger partial charge in [-0.25, -0.2) is 4.68 Å². The van der Waals surface area contributed by atoms with Gasteiger partial charge in [0.2, 0.25) is 0 Å². The highest BCUT2D eigenvalue weighted by Crippen LogP contribution is 2.28. The molecule has 0 spiro atoms. The Balaban J connectivity index is 1.76. The van der Waals surface area contributed by atoms with Crippen LogP contribution in [0.1, 0.15) is 53.1 Å². The zero-order chi connectivity index (χ0) is 23.3. The monoisotopic (exact) mass is 456 g/mol. The lowest BCUT2D eigenvalue weighted by Gasteiger charge is -2.14. The summed E-state index contributed by atoms with van der Waals surface area (Å²) in [5.74, 6) is -0.00000919. The lowest BCUT2D eigenvalue weighted by atomic mass is 10.1. The van der Waals surface area contributed by atoms with Gasteiger partial charge in [-0.1, -0.05) is 25.4 Å². The minimum atomic E-state index is -0.490. The third-order valence-corrected chi connectivity index (χ3v) is 4.94. The van der Waals surface area contributed by atoms with Crippen molar-refractivity contribution in [2.24, 2.45) is 0 Å². The van der Waals surface area contributed by atoms with E-state index in [1.807, 2.05) is 32.9 Å². The maximum Gasteiger partial charge on any atom is 0.273 e. The second-order valence-corrected chi connectivity index (χ2v) is 7.63. The lowest BCUT2D eigenvalue weighted by molar-refractivity contribution is 0.0845. The topological polar surface area (TPSA) is 94.5 Å². The molecule has 2 amide bonds. The van der Waals surface area contributed by atoms with E-state index in [4.69, 9.17) is 21.1 Å². The van der Waals surface area contributed by atoms with Gasteiger partial charge >= 0.3 is 0 Å². The van der Waals surface area contributed by atoms with Crippen molar-refractivity contribution in [1.82, 2.24) is 20.6 Å². The molecule has 0 saturated carbocycles. The molecule has 32 heavy (non-hydrogen) atoms. The molecule has 168 valence electrons. The molecule has 0 radical (unpaired) electrons. The summed E-state index contributed by atoms with van der Waals surface area (Å²) in [6, 6.07) is 11.9. The third-order valence-electron chi connectivity index (χ3n) is 4.68. The van der Waals surface area contributed by atoms with E-state index in [1.165, 1.54) is 13.3 Å². The van der Waals surface area contributed by atoms with Crippen LogP contribution in [0.5, 0.6) is 11.5 Å². The lowest BCUT2D eigenvalue weighted by Crippen LogP contribution is -2.42. The minimum absolute atomic E-state index is 0.000000682. The largest absolute Gasteiger partial charge is 0.493 e. The molecule has 3 rings (SSSR count). The number of carbonyl (C=O) groups excluding carboxylic acids is 2. The van der Waals surface area contributed by atoms with E-state index in [-0.39, 0.29) is 5.92 Å². The number of methoxy groups -OCH3 is 1. The normalized spacial score (nSPS) is 10.7. The molecule has 1 aromatic heterocycles. The van der Waals surface area contributed by atoms with Crippen LogP contribution in [0.2, 0.25) is 5.02 Å². The van der Waals surface area contributed by atoms with Gasteiger partial charge < -0.3 is 9.47 Å². The van der Waals surface area contributed by atoms with Crippen LogP contribution in [0, 0.1) is 0 Å². The van der Waals surface area contributed by atoms with Crippen molar-refractivity contribution < 1.29 is 19.1 Å². The molecule has 0 aliphatic rings. The highest BCUT2D eigenvalue weighted by Gasteiger charge is 2.21. The van der Waals surface area contributed by atoms with E-state index < -0.39 is 11.8 Å². The van der Waals surface area contributed by atoms with Crippen molar-refractivity contribution in [1.29, 1.82) is 0 Å². The van der Waals surface area contributed by atoms with E-state index in [0.717, 1.165) is 5.69 Å². The highest BCUT2D eigenvalue weighted by molar-refractivity contribution is 6.30. The number of halogens is 1. The Morgan fingerprint density at radius 3 is 2.38 bits per heavy atom. The molecule has 2 N–H and O–H groups in total. The van der Waals surface area contributed by atoms with Crippen molar-refractivity contribution >= 4 is 23.4 Å². The molecule has 1 heterocycles. The highest BCUT2D eigenvalue weighted by atomic mass is 35.5. The molecule has 3 aromatic rings. The van der Waals surface area contributed by atoms with Crippen LogP contribution >= 0.6 is 11.6 Å². The van der Waals surface area contributed by atoms with Gasteiger partial charge in [-0.05, 0) is 55.3 Å². The van der Waals surface area contributed by atoms with Gasteiger partial charge in [0, 0.05) is 10.6 Å². The summed E-state index contributed by atoms with van der Waals surface area (Å²) < 4.78 is 12.4. The number of aromatic nitrogens is 2. The second-order valence-electron chi connectivity index (χ2n) is 7.19. The molecular weight excluding hydrogens is 432 g/mol. The van der Waals surface area contributed by atoms with E-state index >= 15 is 0 Å². The Morgan fingerprint density at radius 1 is 1.06 bits per heavy atom. The van der Waals surface area contributed by atoms with Crippen LogP contribution in [-0.4, -0.2) is 35.3 Å². The van der Waals surface area contributed by atoms with Crippen LogP contribution in [0.3, 0.4) is 0 Å². The first kappa shape index (κ1) is 23.1. The number of nitrogens with zero attached hydrogens (tertiary/aromatic N) is 2. The molecule has 8 nitrogen and oxygen atoms in total. The molecule has 0 saturated heterocycles. The third kappa shape index (κ3) is 5.03. The summed E-state index contributed by atoms with van der Waals surface area (Å²) >= 11 is 5.97. The Hall–Kier alpha value is -3.52. The molecule has 0 aliphatic carbocycles. The van der Waals surface area contributed by atoms with E-state index in [2.05, 4.69) is 16.0 Å². The summed E-state index contributed by atoms with van der Waals surface area (Å²) in [7, 11) is 1.49.